The van der Waals surface area contributed by atoms with E-state index in [1.807, 2.05) is 30.6 Å². The molecule has 0 saturated heterocycles. The number of hydrogen-bond donors (Lipinski definition) is 2. The number of aromatic amines is 1. The Labute approximate surface area is 248 Å². The summed E-state index contributed by atoms with van der Waals surface area (Å²) >= 11 is 3.57. The van der Waals surface area contributed by atoms with Crippen LogP contribution in [0, 0.1) is 0 Å². The summed E-state index contributed by atoms with van der Waals surface area (Å²) in [5, 5.41) is 3.50. The lowest BCUT2D eigenvalue weighted by atomic mass is 9.90. The number of fused-ring (bicyclic) bond motifs is 2. The molecule has 200 valence electrons. The molecule has 0 spiro atoms. The number of para-hydroxylation sites is 2. The van der Waals surface area contributed by atoms with E-state index in [1.165, 1.54) is 28.8 Å². The monoisotopic (exact) mass is 646 g/mol. The zero-order valence-corrected chi connectivity index (χ0v) is 25.0. The molecule has 0 saturated carbocycles. The summed E-state index contributed by atoms with van der Waals surface area (Å²) in [7, 11) is 0. The molecule has 0 aliphatic heterocycles. The second kappa shape index (κ2) is 13.0. The number of pyridine rings is 2. The third kappa shape index (κ3) is 6.64. The van der Waals surface area contributed by atoms with Crippen LogP contribution in [-0.4, -0.2) is 24.8 Å². The van der Waals surface area contributed by atoms with E-state index in [0.29, 0.717) is 0 Å². The Balaban J connectivity index is 0.00000308. The second-order valence-electron chi connectivity index (χ2n) is 9.91. The van der Waals surface area contributed by atoms with Crippen LogP contribution >= 0.6 is 32.9 Å². The zero-order valence-electron chi connectivity index (χ0n) is 21.7. The van der Waals surface area contributed by atoms with Gasteiger partial charge in [0.2, 0.25) is 0 Å². The summed E-state index contributed by atoms with van der Waals surface area (Å²) in [5.41, 5.74) is 8.26. The van der Waals surface area contributed by atoms with Crippen LogP contribution in [0.2, 0.25) is 0 Å². The molecule has 5 aromatic rings. The number of hydrogen-bond acceptors (Lipinski definition) is 5. The average Bonchev–Trinajstić information content (AvgIpc) is 3.37. The number of rotatable bonds is 9. The van der Waals surface area contributed by atoms with E-state index in [4.69, 9.17) is 9.97 Å². The Morgan fingerprint density at radius 1 is 0.872 bits per heavy atom. The number of H-pyrrole nitrogens is 1. The van der Waals surface area contributed by atoms with Crippen LogP contribution in [0.1, 0.15) is 52.8 Å². The van der Waals surface area contributed by atoms with E-state index >= 15 is 0 Å². The highest BCUT2D eigenvalue weighted by Gasteiger charge is 2.28. The second-order valence-corrected chi connectivity index (χ2v) is 10.8. The number of imidazole rings is 1. The van der Waals surface area contributed by atoms with Gasteiger partial charge in [0.1, 0.15) is 5.82 Å². The average molecular weight is 648 g/mol. The van der Waals surface area contributed by atoms with Gasteiger partial charge in [-0.25, -0.2) is 4.98 Å². The van der Waals surface area contributed by atoms with Crippen molar-refractivity contribution in [3.63, 3.8) is 0 Å². The Bertz CT molecular complexity index is 1480. The van der Waals surface area contributed by atoms with Crippen molar-refractivity contribution in [2.24, 2.45) is 0 Å². The van der Waals surface area contributed by atoms with Crippen molar-refractivity contribution in [2.45, 2.75) is 51.5 Å². The summed E-state index contributed by atoms with van der Waals surface area (Å²) in [6.07, 6.45) is 7.15. The van der Waals surface area contributed by atoms with Gasteiger partial charge in [-0.15, -0.1) is 17.0 Å². The van der Waals surface area contributed by atoms with Gasteiger partial charge in [0, 0.05) is 36.5 Å². The van der Waals surface area contributed by atoms with Crippen LogP contribution in [0.25, 0.3) is 11.0 Å². The van der Waals surface area contributed by atoms with Crippen molar-refractivity contribution >= 4 is 43.9 Å². The number of halogens is 2. The van der Waals surface area contributed by atoms with Crippen molar-refractivity contribution in [1.82, 2.24) is 30.2 Å². The van der Waals surface area contributed by atoms with Gasteiger partial charge in [-0.3, -0.25) is 14.9 Å². The van der Waals surface area contributed by atoms with Gasteiger partial charge < -0.3 is 10.3 Å². The van der Waals surface area contributed by atoms with Crippen molar-refractivity contribution in [1.29, 1.82) is 0 Å². The molecule has 0 bridgehead atoms. The molecule has 1 aliphatic carbocycles. The number of benzene rings is 2. The van der Waals surface area contributed by atoms with Crippen LogP contribution < -0.4 is 5.32 Å². The van der Waals surface area contributed by atoms with Gasteiger partial charge in [-0.2, -0.15) is 0 Å². The van der Waals surface area contributed by atoms with Gasteiger partial charge in [-0.05, 0) is 82.2 Å². The summed E-state index contributed by atoms with van der Waals surface area (Å²) in [6.45, 7) is 3.11. The fraction of sp³-hybridized carbons (Fsp3) is 0.258. The Morgan fingerprint density at radius 3 is 2.51 bits per heavy atom. The van der Waals surface area contributed by atoms with Crippen LogP contribution in [0.5, 0.6) is 0 Å². The molecule has 1 aliphatic rings. The first-order chi connectivity index (χ1) is 18.7. The number of aryl methyl sites for hydroxylation is 1. The molecule has 6 rings (SSSR count). The normalized spacial score (nSPS) is 14.8. The lowest BCUT2D eigenvalue weighted by Gasteiger charge is -2.34. The molecule has 0 radical (unpaired) electrons. The van der Waals surface area contributed by atoms with Gasteiger partial charge in [0.15, 0.2) is 0 Å². The van der Waals surface area contributed by atoms with Crippen molar-refractivity contribution in [3.8, 4) is 0 Å². The zero-order chi connectivity index (χ0) is 25.7. The lowest BCUT2D eigenvalue weighted by molar-refractivity contribution is 0.153. The predicted molar refractivity (Wildman–Crippen MR) is 165 cm³/mol. The Hall–Kier alpha value is -2.91. The largest absolute Gasteiger partial charge is 0.341 e. The van der Waals surface area contributed by atoms with Crippen LogP contribution in [-0.2, 0) is 32.6 Å². The first-order valence-electron chi connectivity index (χ1n) is 13.2. The van der Waals surface area contributed by atoms with Gasteiger partial charge in [0.05, 0.1) is 35.0 Å². The van der Waals surface area contributed by atoms with Crippen LogP contribution in [0.4, 0.5) is 0 Å². The fourth-order valence-corrected chi connectivity index (χ4v) is 5.76. The maximum absolute atomic E-state index is 4.89. The highest BCUT2D eigenvalue weighted by Crippen LogP contribution is 2.34. The number of nitrogens with one attached hydrogen (secondary N) is 2. The Morgan fingerprint density at radius 2 is 1.67 bits per heavy atom. The van der Waals surface area contributed by atoms with E-state index in [-0.39, 0.29) is 23.0 Å². The van der Waals surface area contributed by atoms with E-state index in [1.54, 1.807) is 0 Å². The standard InChI is InChI=1S/C31H31BrN6.BrH/c32-25-8-5-16-34-28(25)19-33-18-22-12-14-23(15-13-22)20-38(21-30-36-26-9-1-2-10-27(26)37-30)29-11-3-6-24-7-4-17-35-31(24)29;/h1-2,4-5,7-10,12-17,29,33H,3,6,11,18-21H2,(H,36,37);1H. The molecule has 8 heteroatoms. The molecule has 3 heterocycles. The molecule has 1 unspecified atom stereocenters. The van der Waals surface area contributed by atoms with Gasteiger partial charge in [0.25, 0.3) is 0 Å². The van der Waals surface area contributed by atoms with Gasteiger partial charge >= 0.3 is 0 Å². The molecule has 2 N–H and O–H groups in total. The van der Waals surface area contributed by atoms with Crippen molar-refractivity contribution in [3.05, 3.63) is 124 Å². The minimum atomic E-state index is 0. The van der Waals surface area contributed by atoms with Crippen LogP contribution in [0.3, 0.4) is 0 Å². The SMILES string of the molecule is Br.Brc1cccnc1CNCc1ccc(CN(Cc2nc3ccccc3[nH]2)C2CCCc3cccnc32)cc1. The number of nitrogens with zero attached hydrogens (tertiary/aromatic N) is 4. The molecule has 6 nitrogen and oxygen atoms in total. The minimum absolute atomic E-state index is 0. The lowest BCUT2D eigenvalue weighted by Crippen LogP contribution is -2.31. The minimum Gasteiger partial charge on any atom is -0.341 e. The van der Waals surface area contributed by atoms with E-state index in [0.717, 1.165) is 66.0 Å². The number of aromatic nitrogens is 4. The maximum Gasteiger partial charge on any atom is 0.121 e. The maximum atomic E-state index is 4.89. The molecule has 39 heavy (non-hydrogen) atoms. The predicted octanol–water partition coefficient (Wildman–Crippen LogP) is 7.06. The Kier molecular flexibility index (Phi) is 9.19. The summed E-state index contributed by atoms with van der Waals surface area (Å²) < 4.78 is 1.03. The topological polar surface area (TPSA) is 69.7 Å². The first kappa shape index (κ1) is 27.6. The molecule has 1 atom stereocenters. The van der Waals surface area contributed by atoms with E-state index in [9.17, 15) is 0 Å². The molecular weight excluding hydrogens is 616 g/mol. The molecule has 2 aromatic carbocycles. The first-order valence-corrected chi connectivity index (χ1v) is 14.0. The molecular formula is C31H32Br2N6. The third-order valence-electron chi connectivity index (χ3n) is 7.26. The highest BCUT2D eigenvalue weighted by molar-refractivity contribution is 9.10. The van der Waals surface area contributed by atoms with Crippen LogP contribution in [0.15, 0.2) is 89.7 Å². The van der Waals surface area contributed by atoms with E-state index < -0.39 is 0 Å². The smallest absolute Gasteiger partial charge is 0.121 e. The summed E-state index contributed by atoms with van der Waals surface area (Å²) in [6, 6.07) is 25.7. The van der Waals surface area contributed by atoms with Gasteiger partial charge in [-0.1, -0.05) is 42.5 Å². The van der Waals surface area contributed by atoms with E-state index in [2.05, 4.69) is 90.7 Å². The fourth-order valence-electron chi connectivity index (χ4n) is 5.36. The quantitative estimate of drug-likeness (QED) is 0.179. The summed E-state index contributed by atoms with van der Waals surface area (Å²) in [4.78, 5) is 20.2. The molecule has 3 aromatic heterocycles. The molecule has 0 fully saturated rings. The van der Waals surface area contributed by atoms with Crippen molar-refractivity contribution < 1.29 is 0 Å². The van der Waals surface area contributed by atoms with Crippen molar-refractivity contribution in [2.75, 3.05) is 0 Å². The highest BCUT2D eigenvalue weighted by atomic mass is 79.9. The third-order valence-corrected chi connectivity index (χ3v) is 7.98. The molecule has 0 amide bonds. The summed E-state index contributed by atoms with van der Waals surface area (Å²) in [5.74, 6) is 0.996.